The normalized spacial score (nSPS) is 40.2. The molecule has 3 atom stereocenters. The Kier molecular flexibility index (Phi) is 3.10. The minimum atomic E-state index is -0.752. The van der Waals surface area contributed by atoms with Gasteiger partial charge in [0.25, 0.3) is 0 Å². The Morgan fingerprint density at radius 3 is 2.59 bits per heavy atom. The first-order chi connectivity index (χ1) is 10.5. The third-order valence-corrected chi connectivity index (χ3v) is 6.33. The van der Waals surface area contributed by atoms with E-state index in [1.165, 1.54) is 6.42 Å². The molecule has 4 heteroatoms. The van der Waals surface area contributed by atoms with Crippen LogP contribution in [-0.2, 0) is 4.79 Å². The number of nitriles is 1. The molecule has 22 heavy (non-hydrogen) atoms. The van der Waals surface area contributed by atoms with Crippen molar-refractivity contribution in [2.24, 2.45) is 17.3 Å². The second kappa shape index (κ2) is 4.80. The van der Waals surface area contributed by atoms with Gasteiger partial charge < -0.3 is 0 Å². The predicted molar refractivity (Wildman–Crippen MR) is 83.3 cm³/mol. The molecule has 5 rings (SSSR count). The van der Waals surface area contributed by atoms with Gasteiger partial charge in [0.05, 0.1) is 11.8 Å². The third kappa shape index (κ3) is 2.08. The third-order valence-electron chi connectivity index (χ3n) is 5.89. The van der Waals surface area contributed by atoms with Crippen LogP contribution < -0.4 is 0 Å². The first-order valence-electron chi connectivity index (χ1n) is 8.07. The van der Waals surface area contributed by atoms with Crippen LogP contribution in [0.15, 0.2) is 24.4 Å². The summed E-state index contributed by atoms with van der Waals surface area (Å²) in [6.07, 6.45) is 7.53. The summed E-state index contributed by atoms with van der Waals surface area (Å²) < 4.78 is 0. The summed E-state index contributed by atoms with van der Waals surface area (Å²) in [5.41, 5.74) is 0.193. The van der Waals surface area contributed by atoms with Crippen molar-refractivity contribution < 1.29 is 4.79 Å². The van der Waals surface area contributed by atoms with E-state index in [2.05, 4.69) is 11.1 Å². The van der Waals surface area contributed by atoms with Gasteiger partial charge >= 0.3 is 0 Å². The number of carbonyl (C=O) groups is 1. The molecule has 0 aromatic carbocycles. The van der Waals surface area contributed by atoms with E-state index in [1.54, 1.807) is 18.3 Å². The van der Waals surface area contributed by atoms with Crippen LogP contribution in [0.5, 0.6) is 0 Å². The lowest BCUT2D eigenvalue weighted by Gasteiger charge is -2.59. The Morgan fingerprint density at radius 1 is 1.32 bits per heavy atom. The van der Waals surface area contributed by atoms with Crippen LogP contribution in [0, 0.1) is 28.6 Å². The highest BCUT2D eigenvalue weighted by Gasteiger charge is 2.60. The van der Waals surface area contributed by atoms with E-state index in [0.717, 1.165) is 32.1 Å². The summed E-state index contributed by atoms with van der Waals surface area (Å²) in [4.78, 5) is 17.3. The van der Waals surface area contributed by atoms with E-state index in [-0.39, 0.29) is 16.1 Å². The molecule has 114 valence electrons. The number of aromatic nitrogens is 1. The minimum absolute atomic E-state index is 0.0628. The number of ketones is 1. The number of hydrogen-bond donors (Lipinski definition) is 0. The number of carbonyl (C=O) groups excluding carboxylic acids is 1. The Hall–Kier alpha value is -1.40. The smallest absolute Gasteiger partial charge is 0.162 e. The van der Waals surface area contributed by atoms with Crippen molar-refractivity contribution in [1.29, 1.82) is 5.26 Å². The molecule has 4 saturated carbocycles. The zero-order valence-electron chi connectivity index (χ0n) is 12.5. The lowest BCUT2D eigenvalue weighted by molar-refractivity contribution is -0.142. The van der Waals surface area contributed by atoms with Crippen molar-refractivity contribution in [3.8, 4) is 6.07 Å². The quantitative estimate of drug-likeness (QED) is 0.797. The second-order valence-corrected chi connectivity index (χ2v) is 8.37. The van der Waals surface area contributed by atoms with Crippen LogP contribution in [0.3, 0.4) is 0 Å². The van der Waals surface area contributed by atoms with E-state index >= 15 is 0 Å². The largest absolute Gasteiger partial charge is 0.297 e. The molecule has 0 spiro atoms. The molecule has 0 N–H and O–H groups in total. The van der Waals surface area contributed by atoms with Crippen molar-refractivity contribution in [3.05, 3.63) is 30.1 Å². The zero-order valence-corrected chi connectivity index (χ0v) is 13.2. The lowest BCUT2D eigenvalue weighted by Crippen LogP contribution is -2.56. The topological polar surface area (TPSA) is 53.8 Å². The first-order valence-corrected chi connectivity index (χ1v) is 8.45. The number of hydrogen-bond acceptors (Lipinski definition) is 3. The SMILES string of the molecule is N#C[C@@H](C(=O)C12C[C@H]3C[C@@H](CC(Cl)(C3)C1)C2)c1ccccn1. The predicted octanol–water partition coefficient (Wildman–Crippen LogP) is 3.84. The van der Waals surface area contributed by atoms with E-state index in [9.17, 15) is 10.1 Å². The summed E-state index contributed by atoms with van der Waals surface area (Å²) >= 11 is 6.81. The molecule has 4 aliphatic rings. The Labute approximate surface area is 135 Å². The average Bonchev–Trinajstić information content (AvgIpc) is 2.46. The number of pyridine rings is 1. The summed E-state index contributed by atoms with van der Waals surface area (Å²) in [5.74, 6) is 0.432. The van der Waals surface area contributed by atoms with Gasteiger partial charge in [0, 0.05) is 16.5 Å². The molecule has 0 saturated heterocycles. The summed E-state index contributed by atoms with van der Waals surface area (Å²) in [5, 5.41) is 9.57. The molecule has 1 aromatic rings. The maximum Gasteiger partial charge on any atom is 0.162 e. The van der Waals surface area contributed by atoms with Crippen molar-refractivity contribution in [1.82, 2.24) is 4.98 Å². The monoisotopic (exact) mass is 314 g/mol. The molecule has 3 nitrogen and oxygen atoms in total. The molecule has 0 amide bonds. The molecular weight excluding hydrogens is 296 g/mol. The van der Waals surface area contributed by atoms with Gasteiger partial charge in [-0.1, -0.05) is 6.07 Å². The van der Waals surface area contributed by atoms with Gasteiger partial charge in [-0.3, -0.25) is 9.78 Å². The molecule has 1 aromatic heterocycles. The van der Waals surface area contributed by atoms with Crippen molar-refractivity contribution in [2.45, 2.75) is 49.3 Å². The highest BCUT2D eigenvalue weighted by Crippen LogP contribution is 2.64. The second-order valence-electron chi connectivity index (χ2n) is 7.57. The van der Waals surface area contributed by atoms with Crippen LogP contribution in [-0.4, -0.2) is 15.6 Å². The number of alkyl halides is 1. The molecule has 4 fully saturated rings. The lowest BCUT2D eigenvalue weighted by atomic mass is 9.47. The van der Waals surface area contributed by atoms with Crippen molar-refractivity contribution in [3.63, 3.8) is 0 Å². The standard InChI is InChI=1S/C18H19ClN2O/c19-18-8-12-5-13(9-18)7-17(6-12,11-18)16(22)14(10-20)15-3-1-2-4-21-15/h1-4,12-14H,5-9,11H2/t12-,13-,14-,17?,18?/m1/s1. The highest BCUT2D eigenvalue weighted by atomic mass is 35.5. The van der Waals surface area contributed by atoms with Gasteiger partial charge in [-0.25, -0.2) is 0 Å². The summed E-state index contributed by atoms with van der Waals surface area (Å²) in [6.45, 7) is 0. The molecule has 0 aliphatic heterocycles. The van der Waals surface area contributed by atoms with E-state index in [4.69, 9.17) is 11.6 Å². The average molecular weight is 315 g/mol. The van der Waals surface area contributed by atoms with Gasteiger partial charge in [-0.2, -0.15) is 5.26 Å². The molecular formula is C18H19ClN2O. The fourth-order valence-electron chi connectivity index (χ4n) is 5.55. The molecule has 4 aliphatic carbocycles. The Bertz CT molecular complexity index is 637. The van der Waals surface area contributed by atoms with Crippen LogP contribution in [0.4, 0.5) is 0 Å². The van der Waals surface area contributed by atoms with Crippen LogP contribution in [0.1, 0.15) is 50.1 Å². The van der Waals surface area contributed by atoms with Gasteiger partial charge in [0.2, 0.25) is 0 Å². The number of halogens is 1. The van der Waals surface area contributed by atoms with Gasteiger partial charge in [-0.15, -0.1) is 11.6 Å². The fourth-order valence-corrected chi connectivity index (χ4v) is 6.24. The van der Waals surface area contributed by atoms with Gasteiger partial charge in [-0.05, 0) is 62.5 Å². The Morgan fingerprint density at radius 2 is 2.05 bits per heavy atom. The maximum absolute atomic E-state index is 13.2. The van der Waals surface area contributed by atoms with Crippen LogP contribution in [0.2, 0.25) is 0 Å². The summed E-state index contributed by atoms with van der Waals surface area (Å²) in [7, 11) is 0. The molecule has 0 unspecified atom stereocenters. The van der Waals surface area contributed by atoms with Crippen molar-refractivity contribution >= 4 is 17.4 Å². The van der Waals surface area contributed by atoms with Gasteiger partial charge in [0.1, 0.15) is 5.92 Å². The molecule has 0 radical (unpaired) electrons. The minimum Gasteiger partial charge on any atom is -0.297 e. The van der Waals surface area contributed by atoms with Crippen LogP contribution >= 0.6 is 11.6 Å². The van der Waals surface area contributed by atoms with E-state index in [1.807, 2.05) is 6.07 Å². The number of nitrogens with zero attached hydrogens (tertiary/aromatic N) is 2. The maximum atomic E-state index is 13.2. The molecule has 4 bridgehead atoms. The zero-order chi connectivity index (χ0) is 15.4. The van der Waals surface area contributed by atoms with Crippen LogP contribution in [0.25, 0.3) is 0 Å². The number of Topliss-reactive ketones (excluding diaryl/α,β-unsaturated/α-hetero) is 1. The van der Waals surface area contributed by atoms with E-state index in [0.29, 0.717) is 17.5 Å². The number of rotatable bonds is 3. The highest BCUT2D eigenvalue weighted by molar-refractivity contribution is 6.24. The molecule has 1 heterocycles. The van der Waals surface area contributed by atoms with Crippen molar-refractivity contribution in [2.75, 3.05) is 0 Å². The van der Waals surface area contributed by atoms with E-state index < -0.39 is 5.92 Å². The first kappa shape index (κ1) is 14.2. The Balaban J connectivity index is 1.69. The summed E-state index contributed by atoms with van der Waals surface area (Å²) in [6, 6.07) is 7.62. The fraction of sp³-hybridized carbons (Fsp3) is 0.611. The van der Waals surface area contributed by atoms with Gasteiger partial charge in [0.15, 0.2) is 5.78 Å².